The first-order valence-electron chi connectivity index (χ1n) is 9.42. The van der Waals surface area contributed by atoms with Crippen molar-refractivity contribution in [1.82, 2.24) is 0 Å². The summed E-state index contributed by atoms with van der Waals surface area (Å²) < 4.78 is 33.9. The molecule has 0 atom stereocenters. The molecule has 2 N–H and O–H groups in total. The van der Waals surface area contributed by atoms with Gasteiger partial charge < -0.3 is 5.11 Å². The lowest BCUT2D eigenvalue weighted by Gasteiger charge is -2.32. The van der Waals surface area contributed by atoms with Crippen molar-refractivity contribution in [3.8, 4) is 5.75 Å². The third-order valence-corrected chi connectivity index (χ3v) is 6.55. The van der Waals surface area contributed by atoms with Crippen molar-refractivity contribution < 1.29 is 18.1 Å². The molecular weight excluding hydrogens is 384 g/mol. The molecule has 0 radical (unpaired) electrons. The van der Waals surface area contributed by atoms with Crippen molar-refractivity contribution in [2.24, 2.45) is 0 Å². The van der Waals surface area contributed by atoms with Crippen LogP contribution in [0.4, 0.5) is 0 Å². The van der Waals surface area contributed by atoms with Crippen LogP contribution in [0.5, 0.6) is 5.75 Å². The average Bonchev–Trinajstić information content (AvgIpc) is 2.68. The van der Waals surface area contributed by atoms with Crippen molar-refractivity contribution >= 4 is 10.1 Å². The van der Waals surface area contributed by atoms with Crippen molar-refractivity contribution in [3.63, 3.8) is 0 Å². The number of benzene rings is 3. The maximum Gasteiger partial charge on any atom is 0.294 e. The van der Waals surface area contributed by atoms with Gasteiger partial charge in [0, 0.05) is 22.0 Å². The lowest BCUT2D eigenvalue weighted by Crippen LogP contribution is -2.24. The zero-order valence-corrected chi connectivity index (χ0v) is 17.9. The minimum Gasteiger partial charge on any atom is -0.507 e. The van der Waals surface area contributed by atoms with E-state index in [1.807, 2.05) is 88.4 Å². The van der Waals surface area contributed by atoms with Gasteiger partial charge in [0.2, 0.25) is 0 Å². The van der Waals surface area contributed by atoms with E-state index in [1.165, 1.54) is 12.1 Å². The lowest BCUT2D eigenvalue weighted by molar-refractivity contribution is 0.431. The van der Waals surface area contributed by atoms with E-state index in [-0.39, 0.29) is 10.6 Å². The first-order chi connectivity index (χ1) is 13.5. The number of hydrogen-bond acceptors (Lipinski definition) is 3. The van der Waals surface area contributed by atoms with E-state index >= 15 is 0 Å². The fraction of sp³-hybridized carbons (Fsp3) is 0.250. The fourth-order valence-corrected chi connectivity index (χ4v) is 4.26. The normalized spacial score (nSPS) is 12.7. The number of phenolic OH excluding ortho intramolecular Hbond substituents is 1. The van der Waals surface area contributed by atoms with E-state index < -0.39 is 20.9 Å². The van der Waals surface area contributed by atoms with Crippen molar-refractivity contribution in [2.45, 2.75) is 43.4 Å². The quantitative estimate of drug-likeness (QED) is 0.561. The van der Waals surface area contributed by atoms with Gasteiger partial charge in [-0.3, -0.25) is 4.55 Å². The molecule has 29 heavy (non-hydrogen) atoms. The molecule has 5 heteroatoms. The van der Waals surface area contributed by atoms with E-state index in [1.54, 1.807) is 0 Å². The van der Waals surface area contributed by atoms with E-state index in [9.17, 15) is 18.1 Å². The minimum absolute atomic E-state index is 0.0279. The molecule has 3 rings (SSSR count). The third-order valence-electron chi connectivity index (χ3n) is 5.72. The lowest BCUT2D eigenvalue weighted by atomic mass is 9.72. The van der Waals surface area contributed by atoms with Crippen LogP contribution in [-0.2, 0) is 20.9 Å². The highest BCUT2D eigenvalue weighted by atomic mass is 32.2. The molecule has 0 aliphatic heterocycles. The largest absolute Gasteiger partial charge is 0.507 e. The molecule has 0 aliphatic rings. The van der Waals surface area contributed by atoms with E-state index in [0.717, 1.165) is 11.1 Å². The van der Waals surface area contributed by atoms with Gasteiger partial charge in [-0.1, -0.05) is 88.4 Å². The van der Waals surface area contributed by atoms with Crippen LogP contribution in [0.2, 0.25) is 0 Å². The molecule has 3 aromatic carbocycles. The van der Waals surface area contributed by atoms with Gasteiger partial charge in [0.25, 0.3) is 10.1 Å². The molecule has 4 nitrogen and oxygen atoms in total. The smallest absolute Gasteiger partial charge is 0.294 e. The summed E-state index contributed by atoms with van der Waals surface area (Å²) in [6.07, 6.45) is 0. The summed E-state index contributed by atoms with van der Waals surface area (Å²) in [5.74, 6) is 0.0279. The molecule has 0 unspecified atom stereocenters. The van der Waals surface area contributed by atoms with Crippen LogP contribution >= 0.6 is 0 Å². The van der Waals surface area contributed by atoms with E-state index in [0.29, 0.717) is 11.1 Å². The van der Waals surface area contributed by atoms with Gasteiger partial charge in [-0.2, -0.15) is 8.42 Å². The van der Waals surface area contributed by atoms with Gasteiger partial charge in [-0.25, -0.2) is 0 Å². The molecule has 0 saturated carbocycles. The second kappa shape index (κ2) is 7.32. The molecule has 0 aliphatic carbocycles. The van der Waals surface area contributed by atoms with Crippen LogP contribution in [0.15, 0.2) is 77.7 Å². The number of phenols is 1. The highest BCUT2D eigenvalue weighted by molar-refractivity contribution is 7.85. The van der Waals surface area contributed by atoms with Gasteiger partial charge in [0.05, 0.1) is 4.90 Å². The van der Waals surface area contributed by atoms with Gasteiger partial charge in [0.1, 0.15) is 5.75 Å². The molecular formula is C24H26O4S. The van der Waals surface area contributed by atoms with Crippen LogP contribution in [0.1, 0.15) is 49.9 Å². The Balaban J connectivity index is 2.33. The van der Waals surface area contributed by atoms with E-state index in [2.05, 4.69) is 0 Å². The Morgan fingerprint density at radius 3 is 1.34 bits per heavy atom. The zero-order chi connectivity index (χ0) is 21.4. The highest BCUT2D eigenvalue weighted by Crippen LogP contribution is 2.45. The first kappa shape index (κ1) is 21.1. The SMILES string of the molecule is CC(C)(c1ccccc1)c1cc(S(=O)(=O)O)cc(C(C)(C)c2ccccc2)c1O. The third kappa shape index (κ3) is 3.93. The Kier molecular flexibility index (Phi) is 5.32. The number of rotatable bonds is 5. The predicted octanol–water partition coefficient (Wildman–Crippen LogP) is 5.29. The monoisotopic (exact) mass is 410 g/mol. The van der Waals surface area contributed by atoms with Crippen molar-refractivity contribution in [1.29, 1.82) is 0 Å². The van der Waals surface area contributed by atoms with Crippen LogP contribution in [0.25, 0.3) is 0 Å². The fourth-order valence-electron chi connectivity index (χ4n) is 3.73. The molecule has 0 aromatic heterocycles. The Hall–Kier alpha value is -2.63. The summed E-state index contributed by atoms with van der Waals surface area (Å²) in [4.78, 5) is -0.228. The standard InChI is InChI=1S/C24H26O4S/c1-23(2,17-11-7-5-8-12-17)20-15-19(29(26,27)28)16-21(22(20)25)24(3,4)18-13-9-6-10-14-18/h5-16,25H,1-4H3,(H,26,27,28). The second-order valence-electron chi connectivity index (χ2n) is 8.32. The number of hydrogen-bond donors (Lipinski definition) is 2. The van der Waals surface area contributed by atoms with Crippen molar-refractivity contribution in [2.75, 3.05) is 0 Å². The predicted molar refractivity (Wildman–Crippen MR) is 115 cm³/mol. The Bertz CT molecular complexity index is 1040. The Morgan fingerprint density at radius 1 is 0.690 bits per heavy atom. The van der Waals surface area contributed by atoms with Crippen LogP contribution in [0, 0.1) is 0 Å². The minimum atomic E-state index is -4.46. The maximum atomic E-state index is 12.0. The molecule has 0 spiro atoms. The van der Waals surface area contributed by atoms with Crippen molar-refractivity contribution in [3.05, 3.63) is 95.1 Å². The summed E-state index contributed by atoms with van der Waals surface area (Å²) >= 11 is 0. The molecule has 0 saturated heterocycles. The van der Waals surface area contributed by atoms with E-state index in [4.69, 9.17) is 0 Å². The summed E-state index contributed by atoms with van der Waals surface area (Å²) in [5.41, 5.74) is 1.36. The number of aromatic hydroxyl groups is 1. The van der Waals surface area contributed by atoms with Crippen LogP contribution in [0.3, 0.4) is 0 Å². The molecule has 0 heterocycles. The van der Waals surface area contributed by atoms with Gasteiger partial charge in [-0.15, -0.1) is 0 Å². The van der Waals surface area contributed by atoms with Gasteiger partial charge in [0.15, 0.2) is 0 Å². The summed E-state index contributed by atoms with van der Waals surface area (Å²) in [7, 11) is -4.46. The molecule has 3 aromatic rings. The first-order valence-corrected chi connectivity index (χ1v) is 10.9. The van der Waals surface area contributed by atoms with Gasteiger partial charge >= 0.3 is 0 Å². The highest BCUT2D eigenvalue weighted by Gasteiger charge is 2.34. The zero-order valence-electron chi connectivity index (χ0n) is 17.0. The topological polar surface area (TPSA) is 74.6 Å². The summed E-state index contributed by atoms with van der Waals surface area (Å²) in [5, 5.41) is 11.3. The second-order valence-corrected chi connectivity index (χ2v) is 9.75. The summed E-state index contributed by atoms with van der Waals surface area (Å²) in [6, 6.07) is 21.9. The Labute approximate surface area is 172 Å². The molecule has 0 amide bonds. The molecule has 152 valence electrons. The van der Waals surface area contributed by atoms with Crippen LogP contribution < -0.4 is 0 Å². The van der Waals surface area contributed by atoms with Gasteiger partial charge in [-0.05, 0) is 23.3 Å². The molecule has 0 bridgehead atoms. The maximum absolute atomic E-state index is 12.0. The molecule has 0 fully saturated rings. The van der Waals surface area contributed by atoms with Crippen LogP contribution in [-0.4, -0.2) is 18.1 Å². The Morgan fingerprint density at radius 2 is 1.03 bits per heavy atom. The average molecular weight is 411 g/mol. The summed E-state index contributed by atoms with van der Waals surface area (Å²) in [6.45, 7) is 7.68.